The lowest BCUT2D eigenvalue weighted by atomic mass is 9.98. The first-order valence-electron chi connectivity index (χ1n) is 18.6. The Labute approximate surface area is 317 Å². The molecule has 2 heterocycles. The van der Waals surface area contributed by atoms with E-state index >= 15 is 0 Å². The number of para-hydroxylation sites is 2. The monoisotopic (exact) mass is 703 g/mol. The Bertz CT molecular complexity index is 3190. The summed E-state index contributed by atoms with van der Waals surface area (Å²) in [4.78, 5) is 7.23. The minimum Gasteiger partial charge on any atom is -0.435 e. The SMILES string of the molecule is c1ccc(-n2c3ccccc3c3cc(N(c4ccc(-c5nc6ccc7ccccc7c6o5)cc4)c4ccc(-c5cccc6ccccc56)cc4)ccc32)cc1. The van der Waals surface area contributed by atoms with Crippen LogP contribution in [0.15, 0.2) is 205 Å². The highest BCUT2D eigenvalue weighted by atomic mass is 16.3. The van der Waals surface area contributed by atoms with Gasteiger partial charge in [0, 0.05) is 44.5 Å². The summed E-state index contributed by atoms with van der Waals surface area (Å²) in [6.07, 6.45) is 0. The zero-order valence-corrected chi connectivity index (χ0v) is 29.8. The molecule has 0 radical (unpaired) electrons. The maximum absolute atomic E-state index is 6.42. The lowest BCUT2D eigenvalue weighted by Gasteiger charge is -2.26. The number of anilines is 3. The fraction of sp³-hybridized carbons (Fsp3) is 0. The summed E-state index contributed by atoms with van der Waals surface area (Å²) in [7, 11) is 0. The van der Waals surface area contributed by atoms with Crippen LogP contribution in [0.4, 0.5) is 17.1 Å². The van der Waals surface area contributed by atoms with Crippen molar-refractivity contribution in [2.75, 3.05) is 4.90 Å². The summed E-state index contributed by atoms with van der Waals surface area (Å²) < 4.78 is 8.78. The largest absolute Gasteiger partial charge is 0.435 e. The lowest BCUT2D eigenvalue weighted by molar-refractivity contribution is 0.623. The highest BCUT2D eigenvalue weighted by molar-refractivity contribution is 6.11. The standard InChI is InChI=1S/C51H33N3O/c1-2-14-38(15-3-1)54-48-20-9-8-18-45(48)46-33-41(30-32-49(46)54)53(39-26-21-36(22-27-39)43-19-10-13-34-11-4-6-16-42(34)43)40-28-23-37(24-29-40)51-52-47-31-25-35-12-5-7-17-44(35)50(47)55-51/h1-33H. The summed E-state index contributed by atoms with van der Waals surface area (Å²) in [5.74, 6) is 0.610. The first-order chi connectivity index (χ1) is 27.3. The van der Waals surface area contributed by atoms with Crippen LogP contribution in [0.3, 0.4) is 0 Å². The number of nitrogens with zero attached hydrogens (tertiary/aromatic N) is 3. The van der Waals surface area contributed by atoms with E-state index in [9.17, 15) is 0 Å². The average molecular weight is 704 g/mol. The molecule has 0 N–H and O–H groups in total. The van der Waals surface area contributed by atoms with Gasteiger partial charge in [0.25, 0.3) is 0 Å². The molecule has 0 saturated carbocycles. The van der Waals surface area contributed by atoms with Crippen LogP contribution in [0.1, 0.15) is 0 Å². The van der Waals surface area contributed by atoms with Crippen LogP contribution in [0, 0.1) is 0 Å². The second-order valence-corrected chi connectivity index (χ2v) is 14.0. The Morgan fingerprint density at radius 3 is 1.80 bits per heavy atom. The van der Waals surface area contributed by atoms with Crippen LogP contribution >= 0.6 is 0 Å². The molecule has 11 rings (SSSR count). The third kappa shape index (κ3) is 5.19. The number of fused-ring (bicyclic) bond motifs is 7. The first-order valence-corrected chi connectivity index (χ1v) is 18.6. The van der Waals surface area contributed by atoms with Gasteiger partial charge in [-0.05, 0) is 106 Å². The minimum atomic E-state index is 0.610. The predicted octanol–water partition coefficient (Wildman–Crippen LogP) is 14.0. The van der Waals surface area contributed by atoms with Crippen LogP contribution in [0.5, 0.6) is 0 Å². The maximum atomic E-state index is 6.42. The van der Waals surface area contributed by atoms with Crippen molar-refractivity contribution in [1.29, 1.82) is 0 Å². The molecule has 9 aromatic carbocycles. The van der Waals surface area contributed by atoms with Gasteiger partial charge in [-0.2, -0.15) is 0 Å². The number of aromatic nitrogens is 2. The summed E-state index contributed by atoms with van der Waals surface area (Å²) in [6.45, 7) is 0. The van der Waals surface area contributed by atoms with Crippen molar-refractivity contribution in [2.24, 2.45) is 0 Å². The summed E-state index contributed by atoms with van der Waals surface area (Å²) in [5.41, 5.74) is 11.7. The molecule has 0 aliphatic heterocycles. The number of rotatable bonds is 6. The summed E-state index contributed by atoms with van der Waals surface area (Å²) >= 11 is 0. The number of oxazole rings is 1. The fourth-order valence-corrected chi connectivity index (χ4v) is 8.20. The minimum absolute atomic E-state index is 0.610. The molecule has 2 aromatic heterocycles. The second kappa shape index (κ2) is 12.6. The molecular formula is C51H33N3O. The van der Waals surface area contributed by atoms with Gasteiger partial charge in [-0.3, -0.25) is 0 Å². The van der Waals surface area contributed by atoms with Gasteiger partial charge in [-0.1, -0.05) is 121 Å². The van der Waals surface area contributed by atoms with E-state index in [2.05, 4.69) is 191 Å². The summed E-state index contributed by atoms with van der Waals surface area (Å²) in [5, 5.41) is 7.10. The number of hydrogen-bond donors (Lipinski definition) is 0. The van der Waals surface area contributed by atoms with E-state index in [-0.39, 0.29) is 0 Å². The maximum Gasteiger partial charge on any atom is 0.227 e. The van der Waals surface area contributed by atoms with Crippen LogP contribution in [-0.2, 0) is 0 Å². The fourth-order valence-electron chi connectivity index (χ4n) is 8.20. The van der Waals surface area contributed by atoms with E-state index in [1.54, 1.807) is 0 Å². The molecule has 0 amide bonds. The molecule has 0 aliphatic rings. The number of benzene rings is 9. The third-order valence-electron chi connectivity index (χ3n) is 10.8. The van der Waals surface area contributed by atoms with Crippen molar-refractivity contribution in [3.63, 3.8) is 0 Å². The molecule has 11 aromatic rings. The Kier molecular flexibility index (Phi) is 7.14. The van der Waals surface area contributed by atoms with Crippen molar-refractivity contribution in [3.8, 4) is 28.3 Å². The van der Waals surface area contributed by atoms with Gasteiger partial charge >= 0.3 is 0 Å². The van der Waals surface area contributed by atoms with E-state index in [4.69, 9.17) is 9.40 Å². The van der Waals surface area contributed by atoms with Gasteiger partial charge in [0.2, 0.25) is 5.89 Å². The Balaban J connectivity index is 1.05. The van der Waals surface area contributed by atoms with Gasteiger partial charge in [0.15, 0.2) is 5.58 Å². The highest BCUT2D eigenvalue weighted by Gasteiger charge is 2.19. The van der Waals surface area contributed by atoms with Gasteiger partial charge in [0.1, 0.15) is 5.52 Å². The first kappa shape index (κ1) is 31.1. The molecule has 0 saturated heterocycles. The molecule has 55 heavy (non-hydrogen) atoms. The van der Waals surface area contributed by atoms with Crippen LogP contribution in [0.2, 0.25) is 0 Å². The molecule has 4 heteroatoms. The molecular weight excluding hydrogens is 671 g/mol. The molecule has 0 unspecified atom stereocenters. The normalized spacial score (nSPS) is 11.6. The van der Waals surface area contributed by atoms with Crippen molar-refractivity contribution in [3.05, 3.63) is 200 Å². The van der Waals surface area contributed by atoms with Gasteiger partial charge in [-0.15, -0.1) is 0 Å². The van der Waals surface area contributed by atoms with Gasteiger partial charge in [0.05, 0.1) is 11.0 Å². The lowest BCUT2D eigenvalue weighted by Crippen LogP contribution is -2.10. The highest BCUT2D eigenvalue weighted by Crippen LogP contribution is 2.41. The smallest absolute Gasteiger partial charge is 0.227 e. The third-order valence-corrected chi connectivity index (χ3v) is 10.8. The Morgan fingerprint density at radius 2 is 1.02 bits per heavy atom. The van der Waals surface area contributed by atoms with E-state index < -0.39 is 0 Å². The zero-order valence-electron chi connectivity index (χ0n) is 29.8. The van der Waals surface area contributed by atoms with Gasteiger partial charge in [-0.25, -0.2) is 4.98 Å². The van der Waals surface area contributed by atoms with Crippen LogP contribution in [0.25, 0.3) is 82.7 Å². The molecule has 0 fully saturated rings. The second-order valence-electron chi connectivity index (χ2n) is 14.0. The topological polar surface area (TPSA) is 34.2 Å². The number of hydrogen-bond acceptors (Lipinski definition) is 3. The molecule has 0 spiro atoms. The van der Waals surface area contributed by atoms with E-state index in [0.29, 0.717) is 5.89 Å². The molecule has 4 nitrogen and oxygen atoms in total. The van der Waals surface area contributed by atoms with E-state index in [1.165, 1.54) is 43.7 Å². The molecule has 0 atom stereocenters. The van der Waals surface area contributed by atoms with E-state index in [1.807, 2.05) is 18.2 Å². The van der Waals surface area contributed by atoms with Crippen LogP contribution < -0.4 is 4.90 Å². The quantitative estimate of drug-likeness (QED) is 0.173. The Morgan fingerprint density at radius 1 is 0.418 bits per heavy atom. The van der Waals surface area contributed by atoms with Gasteiger partial charge < -0.3 is 13.9 Å². The average Bonchev–Trinajstić information content (AvgIpc) is 3.84. The molecule has 258 valence electrons. The van der Waals surface area contributed by atoms with Crippen molar-refractivity contribution in [2.45, 2.75) is 0 Å². The van der Waals surface area contributed by atoms with E-state index in [0.717, 1.165) is 50.2 Å². The van der Waals surface area contributed by atoms with Crippen molar-refractivity contribution >= 4 is 71.5 Å². The molecule has 0 bridgehead atoms. The molecule has 0 aliphatic carbocycles. The zero-order chi connectivity index (χ0) is 36.3. The van der Waals surface area contributed by atoms with Crippen molar-refractivity contribution in [1.82, 2.24) is 9.55 Å². The predicted molar refractivity (Wildman–Crippen MR) is 229 cm³/mol. The van der Waals surface area contributed by atoms with Crippen LogP contribution in [-0.4, -0.2) is 9.55 Å². The Hall–Kier alpha value is -7.43. The summed E-state index contributed by atoms with van der Waals surface area (Å²) in [6, 6.07) is 71.1. The van der Waals surface area contributed by atoms with Crippen molar-refractivity contribution < 1.29 is 4.42 Å².